The molecule has 8 nitrogen and oxygen atoms in total. The maximum absolute atomic E-state index is 12.9. The number of benzene rings is 1. The van der Waals surface area contributed by atoms with Gasteiger partial charge in [0, 0.05) is 32.4 Å². The molecule has 0 aliphatic carbocycles. The third-order valence-electron chi connectivity index (χ3n) is 5.61. The van der Waals surface area contributed by atoms with Gasteiger partial charge >= 0.3 is 0 Å². The Balaban J connectivity index is 1.62. The molecule has 0 saturated carbocycles. The number of carbonyl (C=O) groups excluding carboxylic acids is 2. The molecule has 0 atom stereocenters. The number of rotatable bonds is 3. The molecule has 1 N–H and O–H groups in total. The van der Waals surface area contributed by atoms with Crippen LogP contribution in [0.2, 0.25) is 0 Å². The van der Waals surface area contributed by atoms with Gasteiger partial charge in [-0.1, -0.05) is 19.1 Å². The maximum atomic E-state index is 12.9. The number of para-hydroxylation sites is 1. The topological polar surface area (TPSA) is 102 Å². The number of hydrogen-bond acceptors (Lipinski definition) is 5. The summed E-state index contributed by atoms with van der Waals surface area (Å²) in [5.41, 5.74) is -0.300. The van der Waals surface area contributed by atoms with Crippen molar-refractivity contribution in [1.29, 1.82) is 0 Å². The summed E-state index contributed by atoms with van der Waals surface area (Å²) in [4.78, 5) is 52.2. The van der Waals surface area contributed by atoms with Crippen molar-refractivity contribution >= 4 is 28.5 Å². The van der Waals surface area contributed by atoms with Crippen molar-refractivity contribution in [1.82, 2.24) is 9.47 Å². The van der Waals surface area contributed by atoms with Crippen LogP contribution < -0.4 is 16.3 Å². The minimum absolute atomic E-state index is 0.0560. The van der Waals surface area contributed by atoms with Crippen molar-refractivity contribution in [3.8, 4) is 0 Å². The highest BCUT2D eigenvalue weighted by molar-refractivity contribution is 6.03. The van der Waals surface area contributed by atoms with Crippen LogP contribution in [0.5, 0.6) is 0 Å². The minimum atomic E-state index is -0.739. The summed E-state index contributed by atoms with van der Waals surface area (Å²) in [5.74, 6) is -0.560. The zero-order chi connectivity index (χ0) is 22.1. The molecular weight excluding hydrogens is 398 g/mol. The van der Waals surface area contributed by atoms with Crippen molar-refractivity contribution in [2.75, 3.05) is 18.4 Å². The Hall–Kier alpha value is -3.68. The van der Waals surface area contributed by atoms with Gasteiger partial charge in [-0.25, -0.2) is 0 Å². The Kier molecular flexibility index (Phi) is 5.46. The largest absolute Gasteiger partial charge is 0.451 e. The lowest BCUT2D eigenvalue weighted by Crippen LogP contribution is -2.38. The standard InChI is InChI=1S/C23H23N3O5/c1-14-7-9-26(10-8-14)22(29)15-11-17(23(30)25(2)13-15)24-21(28)20-12-18(27)16-5-3-4-6-19(16)31-20/h3-6,11-14H,7-10H2,1-2H3,(H,24,28). The number of amides is 2. The molecule has 3 aromatic rings. The fourth-order valence-corrected chi connectivity index (χ4v) is 3.71. The zero-order valence-corrected chi connectivity index (χ0v) is 17.4. The lowest BCUT2D eigenvalue weighted by molar-refractivity contribution is 0.0696. The predicted octanol–water partition coefficient (Wildman–Crippen LogP) is 2.62. The molecule has 1 fully saturated rings. The SMILES string of the molecule is CC1CCN(C(=O)c2cc(NC(=O)c3cc(=O)c4ccccc4o3)c(=O)n(C)c2)CC1. The number of pyridine rings is 1. The van der Waals surface area contributed by atoms with Crippen molar-refractivity contribution in [2.24, 2.45) is 13.0 Å². The molecule has 0 radical (unpaired) electrons. The van der Waals surface area contributed by atoms with Crippen molar-refractivity contribution < 1.29 is 14.0 Å². The van der Waals surface area contributed by atoms with E-state index in [9.17, 15) is 19.2 Å². The van der Waals surface area contributed by atoms with Gasteiger partial charge in [-0.3, -0.25) is 19.2 Å². The molecule has 3 heterocycles. The Morgan fingerprint density at radius 3 is 2.55 bits per heavy atom. The summed E-state index contributed by atoms with van der Waals surface area (Å²) in [6.07, 6.45) is 3.33. The van der Waals surface area contributed by atoms with Crippen LogP contribution in [0.3, 0.4) is 0 Å². The molecule has 0 unspecified atom stereocenters. The number of fused-ring (bicyclic) bond motifs is 1. The number of nitrogens with zero attached hydrogens (tertiary/aromatic N) is 2. The van der Waals surface area contributed by atoms with Gasteiger partial charge in [-0.2, -0.15) is 0 Å². The molecule has 0 bridgehead atoms. The van der Waals surface area contributed by atoms with E-state index in [0.717, 1.165) is 18.9 Å². The molecule has 8 heteroatoms. The fraction of sp³-hybridized carbons (Fsp3) is 0.304. The number of anilines is 1. The molecule has 1 aliphatic heterocycles. The third-order valence-corrected chi connectivity index (χ3v) is 5.61. The number of hydrogen-bond donors (Lipinski definition) is 1. The average Bonchev–Trinajstić information content (AvgIpc) is 2.76. The average molecular weight is 421 g/mol. The van der Waals surface area contributed by atoms with Gasteiger partial charge in [0.2, 0.25) is 0 Å². The van der Waals surface area contributed by atoms with Gasteiger partial charge in [-0.15, -0.1) is 0 Å². The van der Waals surface area contributed by atoms with Crippen LogP contribution in [0.1, 0.15) is 40.7 Å². The normalized spacial score (nSPS) is 14.6. The quantitative estimate of drug-likeness (QED) is 0.701. The van der Waals surface area contributed by atoms with Crippen molar-refractivity contribution in [3.63, 3.8) is 0 Å². The monoisotopic (exact) mass is 421 g/mol. The Morgan fingerprint density at radius 2 is 1.81 bits per heavy atom. The van der Waals surface area contributed by atoms with E-state index < -0.39 is 11.5 Å². The Morgan fingerprint density at radius 1 is 1.10 bits per heavy atom. The van der Waals surface area contributed by atoms with Crippen LogP contribution in [0.25, 0.3) is 11.0 Å². The van der Waals surface area contributed by atoms with Crippen LogP contribution in [-0.4, -0.2) is 34.4 Å². The van der Waals surface area contributed by atoms with E-state index in [1.54, 1.807) is 29.2 Å². The van der Waals surface area contributed by atoms with Gasteiger partial charge in [-0.05, 0) is 37.0 Å². The number of aryl methyl sites for hydroxylation is 1. The number of aromatic nitrogens is 1. The van der Waals surface area contributed by atoms with E-state index in [2.05, 4.69) is 12.2 Å². The van der Waals surface area contributed by atoms with Gasteiger partial charge in [0.15, 0.2) is 11.2 Å². The lowest BCUT2D eigenvalue weighted by Gasteiger charge is -2.30. The summed E-state index contributed by atoms with van der Waals surface area (Å²) < 4.78 is 6.79. The first-order valence-corrected chi connectivity index (χ1v) is 10.2. The van der Waals surface area contributed by atoms with E-state index in [-0.39, 0.29) is 28.4 Å². The van der Waals surface area contributed by atoms with Crippen molar-refractivity contribution in [2.45, 2.75) is 19.8 Å². The van der Waals surface area contributed by atoms with Crippen LogP contribution in [0.15, 0.2) is 56.6 Å². The van der Waals surface area contributed by atoms with E-state index in [0.29, 0.717) is 30.0 Å². The number of carbonyl (C=O) groups is 2. The maximum Gasteiger partial charge on any atom is 0.291 e. The zero-order valence-electron chi connectivity index (χ0n) is 17.4. The first kappa shape index (κ1) is 20.6. The van der Waals surface area contributed by atoms with Crippen LogP contribution in [0.4, 0.5) is 5.69 Å². The molecule has 160 valence electrons. The first-order valence-electron chi connectivity index (χ1n) is 10.2. The second-order valence-corrected chi connectivity index (χ2v) is 7.96. The summed E-state index contributed by atoms with van der Waals surface area (Å²) in [6, 6.07) is 9.06. The molecular formula is C23H23N3O5. The first-order chi connectivity index (χ1) is 14.8. The minimum Gasteiger partial charge on any atom is -0.451 e. The highest BCUT2D eigenvalue weighted by atomic mass is 16.3. The molecule has 2 aromatic heterocycles. The van der Waals surface area contributed by atoms with E-state index in [4.69, 9.17) is 4.42 Å². The third kappa shape index (κ3) is 4.14. The highest BCUT2D eigenvalue weighted by Gasteiger charge is 2.23. The molecule has 2 amide bonds. The lowest BCUT2D eigenvalue weighted by atomic mass is 9.99. The van der Waals surface area contributed by atoms with E-state index in [1.807, 2.05) is 0 Å². The fourth-order valence-electron chi connectivity index (χ4n) is 3.71. The molecule has 1 aliphatic rings. The molecule has 1 aromatic carbocycles. The van der Waals surface area contributed by atoms with E-state index >= 15 is 0 Å². The molecule has 1 saturated heterocycles. The molecule has 0 spiro atoms. The Bertz CT molecular complexity index is 1280. The number of nitrogens with one attached hydrogen (secondary N) is 1. The van der Waals surface area contributed by atoms with E-state index in [1.165, 1.54) is 23.9 Å². The number of likely N-dealkylation sites (tertiary alicyclic amines) is 1. The molecule has 4 rings (SSSR count). The smallest absolute Gasteiger partial charge is 0.291 e. The van der Waals surface area contributed by atoms with Crippen LogP contribution in [0, 0.1) is 5.92 Å². The Labute approximate surface area is 178 Å². The van der Waals surface area contributed by atoms with Crippen molar-refractivity contribution in [3.05, 3.63) is 74.5 Å². The van der Waals surface area contributed by atoms with Crippen LogP contribution in [-0.2, 0) is 7.05 Å². The van der Waals surface area contributed by atoms with Crippen LogP contribution >= 0.6 is 0 Å². The summed E-state index contributed by atoms with van der Waals surface area (Å²) in [5, 5.41) is 2.85. The second-order valence-electron chi connectivity index (χ2n) is 7.96. The van der Waals surface area contributed by atoms with Gasteiger partial charge in [0.05, 0.1) is 10.9 Å². The summed E-state index contributed by atoms with van der Waals surface area (Å²) in [7, 11) is 1.52. The molecule has 31 heavy (non-hydrogen) atoms. The van der Waals surface area contributed by atoms with Gasteiger partial charge in [0.1, 0.15) is 11.3 Å². The second kappa shape index (κ2) is 8.22. The van der Waals surface area contributed by atoms with Gasteiger partial charge in [0.25, 0.3) is 17.4 Å². The predicted molar refractivity (Wildman–Crippen MR) is 116 cm³/mol. The number of piperidine rings is 1. The summed E-state index contributed by atoms with van der Waals surface area (Å²) >= 11 is 0. The van der Waals surface area contributed by atoms with Gasteiger partial charge < -0.3 is 19.2 Å². The highest BCUT2D eigenvalue weighted by Crippen LogP contribution is 2.19. The summed E-state index contributed by atoms with van der Waals surface area (Å²) in [6.45, 7) is 3.48.